The van der Waals surface area contributed by atoms with Crippen molar-refractivity contribution in [2.75, 3.05) is 13.6 Å². The van der Waals surface area contributed by atoms with Crippen molar-refractivity contribution >= 4 is 11.5 Å². The van der Waals surface area contributed by atoms with Crippen LogP contribution < -0.4 is 27.9 Å². The van der Waals surface area contributed by atoms with Gasteiger partial charge in [0.1, 0.15) is 11.6 Å². The monoisotopic (exact) mass is 430 g/mol. The number of aryl methyl sites for hydroxylation is 1. The maximum Gasteiger partial charge on any atom is 0.140 e. The smallest absolute Gasteiger partial charge is 0.140 e. The van der Waals surface area contributed by atoms with E-state index in [9.17, 15) is 0 Å². The molecule has 0 aromatic carbocycles. The van der Waals surface area contributed by atoms with Crippen LogP contribution in [-0.4, -0.2) is 40.6 Å². The summed E-state index contributed by atoms with van der Waals surface area (Å²) < 4.78 is 6.17. The number of amidine groups is 1. The summed E-state index contributed by atoms with van der Waals surface area (Å²) in [6.07, 6.45) is 10.1. The Labute approximate surface area is 185 Å². The zero-order valence-corrected chi connectivity index (χ0v) is 18.9. The minimum atomic E-state index is 0.272. The molecule has 0 amide bonds. The van der Waals surface area contributed by atoms with Crippen molar-refractivity contribution in [3.05, 3.63) is 29.2 Å². The van der Waals surface area contributed by atoms with Gasteiger partial charge in [-0.15, -0.1) is 5.10 Å². The number of nitrogens with zero attached hydrogens (tertiary/aromatic N) is 4. The highest BCUT2D eigenvalue weighted by Gasteiger charge is 2.21. The van der Waals surface area contributed by atoms with Gasteiger partial charge in [-0.1, -0.05) is 19.3 Å². The van der Waals surface area contributed by atoms with Crippen LogP contribution in [0.2, 0.25) is 0 Å². The average Bonchev–Trinajstić information content (AvgIpc) is 3.56. The van der Waals surface area contributed by atoms with Gasteiger partial charge in [-0.25, -0.2) is 21.8 Å². The summed E-state index contributed by atoms with van der Waals surface area (Å²) in [4.78, 5) is 4.66. The van der Waals surface area contributed by atoms with Gasteiger partial charge >= 0.3 is 0 Å². The molecule has 3 rings (SSSR count). The van der Waals surface area contributed by atoms with E-state index in [1.807, 2.05) is 19.1 Å². The molecular weight excluding hydrogens is 392 g/mol. The maximum atomic E-state index is 6.43. The number of aromatic nitrogens is 1. The normalized spacial score (nSPS) is 18.5. The Bertz CT molecular complexity index is 797. The van der Waals surface area contributed by atoms with Gasteiger partial charge in [0.25, 0.3) is 0 Å². The number of hydrogen-bond donors (Lipinski definition) is 4. The number of nitrogens with two attached hydrogens (primary N) is 4. The van der Waals surface area contributed by atoms with Crippen molar-refractivity contribution in [1.82, 2.24) is 15.1 Å². The zero-order chi connectivity index (χ0) is 22.4. The second-order valence-electron chi connectivity index (χ2n) is 8.79. The van der Waals surface area contributed by atoms with Crippen LogP contribution in [-0.2, 0) is 0 Å². The van der Waals surface area contributed by atoms with E-state index in [0.717, 1.165) is 36.6 Å². The topological polar surface area (TPSA) is 145 Å². The summed E-state index contributed by atoms with van der Waals surface area (Å²) in [7, 11) is 1.72. The Kier molecular flexibility index (Phi) is 7.97. The average molecular weight is 431 g/mol. The van der Waals surface area contributed by atoms with Gasteiger partial charge in [-0.05, 0) is 57.1 Å². The third-order valence-electron chi connectivity index (χ3n) is 5.96. The van der Waals surface area contributed by atoms with E-state index in [1.54, 1.807) is 7.05 Å². The molecule has 0 radical (unpaired) electrons. The molecule has 0 unspecified atom stereocenters. The van der Waals surface area contributed by atoms with Crippen LogP contribution >= 0.6 is 0 Å². The van der Waals surface area contributed by atoms with Gasteiger partial charge in [0.05, 0.1) is 41.9 Å². The molecule has 9 nitrogen and oxygen atoms in total. The highest BCUT2D eigenvalue weighted by atomic mass is 16.5. The third kappa shape index (κ3) is 7.00. The van der Waals surface area contributed by atoms with Crippen LogP contribution in [0.4, 0.5) is 0 Å². The maximum absolute atomic E-state index is 6.43. The molecule has 0 atom stereocenters. The lowest BCUT2D eigenvalue weighted by atomic mass is 9.98. The van der Waals surface area contributed by atoms with E-state index in [0.29, 0.717) is 29.5 Å². The van der Waals surface area contributed by atoms with Crippen LogP contribution in [0, 0.1) is 12.8 Å². The fourth-order valence-corrected chi connectivity index (χ4v) is 3.89. The first kappa shape index (κ1) is 23.1. The molecule has 2 aliphatic rings. The minimum Gasteiger partial charge on any atom is -0.489 e. The summed E-state index contributed by atoms with van der Waals surface area (Å²) in [5.41, 5.74) is 15.1. The van der Waals surface area contributed by atoms with Crippen molar-refractivity contribution in [2.24, 2.45) is 34.2 Å². The number of rotatable bonds is 10. The molecule has 1 aromatic heterocycles. The van der Waals surface area contributed by atoms with Crippen molar-refractivity contribution in [3.8, 4) is 5.75 Å². The van der Waals surface area contributed by atoms with Crippen LogP contribution in [0.5, 0.6) is 5.75 Å². The van der Waals surface area contributed by atoms with E-state index in [4.69, 9.17) is 27.9 Å². The van der Waals surface area contributed by atoms with E-state index in [1.165, 1.54) is 42.2 Å². The first-order chi connectivity index (χ1) is 14.8. The Morgan fingerprint density at radius 2 is 1.84 bits per heavy atom. The lowest BCUT2D eigenvalue weighted by Crippen LogP contribution is -2.34. The minimum absolute atomic E-state index is 0.272. The van der Waals surface area contributed by atoms with Gasteiger partial charge in [-0.2, -0.15) is 0 Å². The summed E-state index contributed by atoms with van der Waals surface area (Å²) in [5, 5.41) is 7.12. The van der Waals surface area contributed by atoms with Gasteiger partial charge in [0.15, 0.2) is 0 Å². The van der Waals surface area contributed by atoms with Crippen molar-refractivity contribution in [1.29, 1.82) is 0 Å². The Morgan fingerprint density at radius 3 is 2.45 bits per heavy atom. The summed E-state index contributed by atoms with van der Waals surface area (Å²) in [6.45, 7) is 2.62. The number of pyridine rings is 1. The SMILES string of the molecule is Cc1nc(/C(N)=C(\C/C(N)=N/N(N)CCC2CC2)N(C)N)ccc1OC1CCCCC1. The first-order valence-corrected chi connectivity index (χ1v) is 11.3. The fraction of sp³-hybridized carbons (Fsp3) is 0.636. The molecule has 172 valence electrons. The lowest BCUT2D eigenvalue weighted by Gasteiger charge is -2.24. The first-order valence-electron chi connectivity index (χ1n) is 11.3. The van der Waals surface area contributed by atoms with Gasteiger partial charge in [-0.3, -0.25) is 0 Å². The molecule has 0 saturated heterocycles. The zero-order valence-electron chi connectivity index (χ0n) is 18.9. The Balaban J connectivity index is 1.69. The Hall–Kier alpha value is -2.52. The molecule has 2 saturated carbocycles. The number of ether oxygens (including phenoxy) is 1. The van der Waals surface area contributed by atoms with E-state index in [-0.39, 0.29) is 12.5 Å². The molecule has 31 heavy (non-hydrogen) atoms. The Morgan fingerprint density at radius 1 is 1.13 bits per heavy atom. The molecule has 2 fully saturated rings. The summed E-state index contributed by atoms with van der Waals surface area (Å²) >= 11 is 0. The van der Waals surface area contributed by atoms with E-state index >= 15 is 0 Å². The van der Waals surface area contributed by atoms with Crippen molar-refractivity contribution in [3.63, 3.8) is 0 Å². The molecule has 1 heterocycles. The van der Waals surface area contributed by atoms with Crippen molar-refractivity contribution < 1.29 is 4.74 Å². The van der Waals surface area contributed by atoms with Crippen LogP contribution in [0.25, 0.3) is 5.70 Å². The largest absolute Gasteiger partial charge is 0.489 e. The number of hydrogen-bond acceptors (Lipinski definition) is 8. The van der Waals surface area contributed by atoms with Crippen LogP contribution in [0.15, 0.2) is 22.9 Å². The highest BCUT2D eigenvalue weighted by molar-refractivity contribution is 5.84. The molecule has 0 bridgehead atoms. The van der Waals surface area contributed by atoms with Gasteiger partial charge in [0, 0.05) is 7.05 Å². The highest BCUT2D eigenvalue weighted by Crippen LogP contribution is 2.32. The second-order valence-corrected chi connectivity index (χ2v) is 8.79. The molecule has 9 heteroatoms. The second kappa shape index (κ2) is 10.7. The third-order valence-corrected chi connectivity index (χ3v) is 5.96. The van der Waals surface area contributed by atoms with E-state index in [2.05, 4.69) is 10.1 Å². The molecule has 2 aliphatic carbocycles. The van der Waals surface area contributed by atoms with Crippen LogP contribution in [0.1, 0.15) is 69.2 Å². The molecular formula is C22H38N8O. The summed E-state index contributed by atoms with van der Waals surface area (Å²) in [5.74, 6) is 13.9. The van der Waals surface area contributed by atoms with Gasteiger partial charge < -0.3 is 21.2 Å². The standard InChI is InChI=1S/C22H38N8O/c1-15-20(31-17-6-4-3-5-7-17)11-10-18(27-15)22(24)19(29(2)25)14-21(23)28-30(26)13-12-16-8-9-16/h10-11,16-17H,3-9,12-14,24-26H2,1-2H3,(H2,23,28)/b22-19-. The molecule has 0 spiro atoms. The molecule has 0 aliphatic heterocycles. The molecule has 8 N–H and O–H groups in total. The lowest BCUT2D eigenvalue weighted by molar-refractivity contribution is 0.153. The van der Waals surface area contributed by atoms with E-state index < -0.39 is 0 Å². The fourth-order valence-electron chi connectivity index (χ4n) is 3.89. The number of hydrazine groups is 2. The molecule has 1 aromatic rings. The predicted octanol–water partition coefficient (Wildman–Crippen LogP) is 2.17. The quantitative estimate of drug-likeness (QED) is 0.191. The van der Waals surface area contributed by atoms with Crippen molar-refractivity contribution in [2.45, 2.75) is 70.8 Å². The van der Waals surface area contributed by atoms with Crippen LogP contribution in [0.3, 0.4) is 0 Å². The predicted molar refractivity (Wildman–Crippen MR) is 124 cm³/mol. The van der Waals surface area contributed by atoms with Gasteiger partial charge in [0.2, 0.25) is 0 Å². The number of hydrazone groups is 1. The summed E-state index contributed by atoms with van der Waals surface area (Å²) in [6, 6.07) is 3.80.